The molecule has 4 heteroatoms. The van der Waals surface area contributed by atoms with E-state index >= 15 is 0 Å². The number of thioether (sulfide) groups is 1. The molecule has 1 aliphatic carbocycles. The Balaban J connectivity index is 1.70. The van der Waals surface area contributed by atoms with Gasteiger partial charge in [0, 0.05) is 17.4 Å². The van der Waals surface area contributed by atoms with Gasteiger partial charge in [0.05, 0.1) is 6.04 Å². The maximum absolute atomic E-state index is 12.1. The normalized spacial score (nSPS) is 26.0. The molecule has 2 aliphatic rings. The Kier molecular flexibility index (Phi) is 3.20. The van der Waals surface area contributed by atoms with Crippen LogP contribution in [0.5, 0.6) is 0 Å². The summed E-state index contributed by atoms with van der Waals surface area (Å²) in [6.07, 6.45) is 3.05. The molecular formula is C14H18N2OS. The van der Waals surface area contributed by atoms with Crippen LogP contribution in [0.2, 0.25) is 0 Å². The summed E-state index contributed by atoms with van der Waals surface area (Å²) in [5.74, 6) is 2.55. The molecule has 1 aliphatic heterocycles. The molecule has 1 heterocycles. The number of nitrogen functional groups attached to an aromatic ring is 1. The van der Waals surface area contributed by atoms with Crippen LogP contribution in [0, 0.1) is 5.92 Å². The average Bonchev–Trinajstić information content (AvgIpc) is 2.98. The maximum Gasteiger partial charge on any atom is 0.224 e. The number of hydrogen-bond donors (Lipinski definition) is 2. The summed E-state index contributed by atoms with van der Waals surface area (Å²) in [5.41, 5.74) is 9.15. The number of aryl methyl sites for hydroxylation is 1. The van der Waals surface area contributed by atoms with Crippen molar-refractivity contribution in [1.29, 1.82) is 0 Å². The minimum absolute atomic E-state index is 0.193. The number of amides is 1. The summed E-state index contributed by atoms with van der Waals surface area (Å²) in [6, 6.07) is 6.21. The summed E-state index contributed by atoms with van der Waals surface area (Å²) in [5, 5.41) is 3.20. The summed E-state index contributed by atoms with van der Waals surface area (Å²) >= 11 is 1.88. The molecular weight excluding hydrogens is 244 g/mol. The van der Waals surface area contributed by atoms with E-state index in [0.29, 0.717) is 0 Å². The van der Waals surface area contributed by atoms with Crippen molar-refractivity contribution in [2.24, 2.45) is 5.92 Å². The van der Waals surface area contributed by atoms with Crippen LogP contribution in [0.1, 0.15) is 30.0 Å². The van der Waals surface area contributed by atoms with Gasteiger partial charge in [0.15, 0.2) is 0 Å². The first-order valence-corrected chi connectivity index (χ1v) is 7.66. The van der Waals surface area contributed by atoms with Crippen LogP contribution < -0.4 is 11.1 Å². The van der Waals surface area contributed by atoms with Gasteiger partial charge in [-0.25, -0.2) is 0 Å². The Morgan fingerprint density at radius 1 is 1.39 bits per heavy atom. The second kappa shape index (κ2) is 4.84. The van der Waals surface area contributed by atoms with Crippen molar-refractivity contribution < 1.29 is 4.79 Å². The number of nitrogens with two attached hydrogens (primary N) is 1. The number of carbonyl (C=O) groups is 1. The smallest absolute Gasteiger partial charge is 0.224 e. The van der Waals surface area contributed by atoms with E-state index < -0.39 is 0 Å². The number of fused-ring (bicyclic) bond motifs is 1. The molecule has 1 aromatic carbocycles. The molecule has 3 nitrogen and oxygen atoms in total. The third-order valence-corrected chi connectivity index (χ3v) is 5.02. The van der Waals surface area contributed by atoms with Gasteiger partial charge < -0.3 is 11.1 Å². The molecule has 0 aromatic heterocycles. The van der Waals surface area contributed by atoms with Gasteiger partial charge in [-0.3, -0.25) is 4.79 Å². The zero-order valence-electron chi connectivity index (χ0n) is 10.3. The van der Waals surface area contributed by atoms with Crippen molar-refractivity contribution in [2.75, 3.05) is 17.2 Å². The van der Waals surface area contributed by atoms with Gasteiger partial charge in [0.25, 0.3) is 0 Å². The predicted molar refractivity (Wildman–Crippen MR) is 75.5 cm³/mol. The maximum atomic E-state index is 12.1. The lowest BCUT2D eigenvalue weighted by molar-refractivity contribution is -0.125. The number of anilines is 1. The highest BCUT2D eigenvalue weighted by Crippen LogP contribution is 2.33. The minimum Gasteiger partial charge on any atom is -0.399 e. The standard InChI is InChI=1S/C14H18N2OS/c15-11-2-3-12-9(7-11)1-4-13(12)16-14(17)10-5-6-18-8-10/h2-3,7,10,13H,1,4-6,8,15H2,(H,16,17). The van der Waals surface area contributed by atoms with Gasteiger partial charge in [-0.05, 0) is 48.3 Å². The number of nitrogens with one attached hydrogen (secondary N) is 1. The van der Waals surface area contributed by atoms with Crippen LogP contribution in [0.3, 0.4) is 0 Å². The third-order valence-electron chi connectivity index (χ3n) is 3.86. The molecule has 3 rings (SSSR count). The van der Waals surface area contributed by atoms with Crippen LogP contribution >= 0.6 is 11.8 Å². The summed E-state index contributed by atoms with van der Waals surface area (Å²) < 4.78 is 0. The van der Waals surface area contributed by atoms with Crippen LogP contribution in [0.15, 0.2) is 18.2 Å². The zero-order chi connectivity index (χ0) is 12.5. The predicted octanol–water partition coefficient (Wildman–Crippen LogP) is 2.13. The number of carbonyl (C=O) groups excluding carboxylic acids is 1. The lowest BCUT2D eigenvalue weighted by Gasteiger charge is -2.17. The fourth-order valence-corrected chi connectivity index (χ4v) is 4.04. The largest absolute Gasteiger partial charge is 0.399 e. The summed E-state index contributed by atoms with van der Waals surface area (Å²) in [7, 11) is 0. The molecule has 0 spiro atoms. The Labute approximate surface area is 112 Å². The second-order valence-electron chi connectivity index (χ2n) is 5.12. The monoisotopic (exact) mass is 262 g/mol. The Morgan fingerprint density at radius 2 is 2.28 bits per heavy atom. The van der Waals surface area contributed by atoms with E-state index in [-0.39, 0.29) is 17.9 Å². The fraction of sp³-hybridized carbons (Fsp3) is 0.500. The molecule has 0 saturated carbocycles. The fourth-order valence-electron chi connectivity index (χ4n) is 2.82. The lowest BCUT2D eigenvalue weighted by atomic mass is 10.0. The van der Waals surface area contributed by atoms with Crippen LogP contribution in [0.25, 0.3) is 0 Å². The van der Waals surface area contributed by atoms with Gasteiger partial charge in [0.1, 0.15) is 0 Å². The van der Waals surface area contributed by atoms with Crippen molar-refractivity contribution in [3.8, 4) is 0 Å². The van der Waals surface area contributed by atoms with E-state index in [1.54, 1.807) is 0 Å². The first-order valence-electron chi connectivity index (χ1n) is 6.50. The van der Waals surface area contributed by atoms with Crippen molar-refractivity contribution in [3.05, 3.63) is 29.3 Å². The van der Waals surface area contributed by atoms with Crippen LogP contribution in [-0.2, 0) is 11.2 Å². The van der Waals surface area contributed by atoms with Crippen molar-refractivity contribution >= 4 is 23.4 Å². The van der Waals surface area contributed by atoms with E-state index in [2.05, 4.69) is 11.4 Å². The molecule has 0 bridgehead atoms. The molecule has 0 radical (unpaired) electrons. The van der Waals surface area contributed by atoms with Gasteiger partial charge in [-0.1, -0.05) is 6.07 Å². The highest BCUT2D eigenvalue weighted by atomic mass is 32.2. The summed E-state index contributed by atoms with van der Waals surface area (Å²) in [6.45, 7) is 0. The molecule has 96 valence electrons. The lowest BCUT2D eigenvalue weighted by Crippen LogP contribution is -2.33. The second-order valence-corrected chi connectivity index (χ2v) is 6.27. The number of hydrogen-bond acceptors (Lipinski definition) is 3. The zero-order valence-corrected chi connectivity index (χ0v) is 11.1. The third kappa shape index (κ3) is 2.21. The first-order chi connectivity index (χ1) is 8.74. The van der Waals surface area contributed by atoms with Gasteiger partial charge in [0.2, 0.25) is 5.91 Å². The van der Waals surface area contributed by atoms with Gasteiger partial charge >= 0.3 is 0 Å². The van der Waals surface area contributed by atoms with Crippen LogP contribution in [-0.4, -0.2) is 17.4 Å². The van der Waals surface area contributed by atoms with E-state index in [4.69, 9.17) is 5.73 Å². The molecule has 2 atom stereocenters. The van der Waals surface area contributed by atoms with E-state index in [1.807, 2.05) is 23.9 Å². The summed E-state index contributed by atoms with van der Waals surface area (Å²) in [4.78, 5) is 12.1. The number of rotatable bonds is 2. The first kappa shape index (κ1) is 11.9. The van der Waals surface area contributed by atoms with Crippen molar-refractivity contribution in [2.45, 2.75) is 25.3 Å². The van der Waals surface area contributed by atoms with Crippen molar-refractivity contribution in [1.82, 2.24) is 5.32 Å². The van der Waals surface area contributed by atoms with E-state index in [0.717, 1.165) is 36.5 Å². The number of benzene rings is 1. The van der Waals surface area contributed by atoms with Gasteiger partial charge in [-0.2, -0.15) is 11.8 Å². The molecule has 1 saturated heterocycles. The molecule has 3 N–H and O–H groups in total. The molecule has 1 fully saturated rings. The quantitative estimate of drug-likeness (QED) is 0.803. The topological polar surface area (TPSA) is 55.1 Å². The van der Waals surface area contributed by atoms with E-state index in [1.165, 1.54) is 11.1 Å². The van der Waals surface area contributed by atoms with Crippen LogP contribution in [0.4, 0.5) is 5.69 Å². The van der Waals surface area contributed by atoms with E-state index in [9.17, 15) is 4.79 Å². The molecule has 1 amide bonds. The Bertz CT molecular complexity index is 469. The average molecular weight is 262 g/mol. The highest BCUT2D eigenvalue weighted by molar-refractivity contribution is 7.99. The molecule has 1 aromatic rings. The van der Waals surface area contributed by atoms with Gasteiger partial charge in [-0.15, -0.1) is 0 Å². The Hall–Kier alpha value is -1.16. The molecule has 2 unspecified atom stereocenters. The highest BCUT2D eigenvalue weighted by Gasteiger charge is 2.28. The SMILES string of the molecule is Nc1ccc2c(c1)CCC2NC(=O)C1CCSC1. The van der Waals surface area contributed by atoms with Crippen molar-refractivity contribution in [3.63, 3.8) is 0 Å². The Morgan fingerprint density at radius 3 is 3.06 bits per heavy atom. The molecule has 18 heavy (non-hydrogen) atoms. The minimum atomic E-state index is 0.193.